The molecular weight excluding hydrogens is 189 g/mol. The molecule has 0 aliphatic heterocycles. The molecule has 0 aliphatic rings. The Labute approximate surface area is 114 Å². The average Bonchev–Trinajstić information content (AvgIpc) is 1.00. The van der Waals surface area contributed by atoms with Gasteiger partial charge in [0.05, 0.1) is 0 Å². The Balaban J connectivity index is -0.000000000500. The molecule has 0 rings (SSSR count). The van der Waals surface area contributed by atoms with Crippen LogP contribution in [0.4, 0.5) is 0 Å². The van der Waals surface area contributed by atoms with Crippen molar-refractivity contribution in [1.29, 1.82) is 0 Å². The standard InChI is InChI=1S/Ca.K.H3PSe.3H/c;;1-2;;;/h;;2H,1H2;;;/q+2;+1;;3*-1. The molecule has 20 valence electrons. The first-order valence-corrected chi connectivity index (χ1v) is 4.02. The molecule has 0 aliphatic carbocycles. The molecule has 0 fully saturated rings. The van der Waals surface area contributed by atoms with E-state index in [9.17, 15) is 0 Å². The molecule has 0 N–H and O–H groups in total. The van der Waals surface area contributed by atoms with Crippen LogP contribution in [0.15, 0.2) is 0 Å². The quantitative estimate of drug-likeness (QED) is 0.280. The SMILES string of the molecule is P[SeH].[Ca+2].[H-].[H-].[H-].[K+]. The predicted octanol–water partition coefficient (Wildman–Crippen LogP) is -3.36. The van der Waals surface area contributed by atoms with Crippen molar-refractivity contribution in [3.8, 4) is 0 Å². The summed E-state index contributed by atoms with van der Waals surface area (Å²) in [6.45, 7) is 0. The fourth-order valence-electron chi connectivity index (χ4n) is 0. The van der Waals surface area contributed by atoms with Gasteiger partial charge in [-0.1, -0.05) is 0 Å². The van der Waals surface area contributed by atoms with Crippen LogP contribution in [-0.2, 0) is 0 Å². The molecule has 0 heterocycles. The van der Waals surface area contributed by atoms with Crippen molar-refractivity contribution in [2.24, 2.45) is 0 Å². The zero-order chi connectivity index (χ0) is 2.00. The summed E-state index contributed by atoms with van der Waals surface area (Å²) in [5, 5.41) is 0. The Morgan fingerprint density at radius 3 is 1.50 bits per heavy atom. The average molecular weight is 195 g/mol. The van der Waals surface area contributed by atoms with Gasteiger partial charge in [0, 0.05) is 0 Å². The summed E-state index contributed by atoms with van der Waals surface area (Å²) in [7, 11) is 2.35. The fourth-order valence-corrected chi connectivity index (χ4v) is 0. The van der Waals surface area contributed by atoms with Crippen LogP contribution >= 0.6 is 7.93 Å². The molecule has 0 spiro atoms. The van der Waals surface area contributed by atoms with Crippen LogP contribution in [0.2, 0.25) is 0 Å². The number of rotatable bonds is 0. The van der Waals surface area contributed by atoms with Gasteiger partial charge in [-0.2, -0.15) is 0 Å². The van der Waals surface area contributed by atoms with Gasteiger partial charge in [0.2, 0.25) is 0 Å². The van der Waals surface area contributed by atoms with E-state index >= 15 is 0 Å². The molecule has 4 heavy (non-hydrogen) atoms. The molecular formula is H6CaKPSe. The Bertz CT molecular complexity index is 14.9. The van der Waals surface area contributed by atoms with E-state index < -0.39 is 0 Å². The van der Waals surface area contributed by atoms with Gasteiger partial charge in [0.15, 0.2) is 0 Å². The maximum absolute atomic E-state index is 2.35. The fraction of sp³-hybridized carbons (Fsp3) is 0. The van der Waals surface area contributed by atoms with Gasteiger partial charge in [0.25, 0.3) is 0 Å². The first-order chi connectivity index (χ1) is 1.00. The topological polar surface area (TPSA) is 0 Å². The van der Waals surface area contributed by atoms with E-state index in [1.54, 1.807) is 0 Å². The Kier molecular flexibility index (Phi) is 61.9. The summed E-state index contributed by atoms with van der Waals surface area (Å²) in [6, 6.07) is 0. The molecule has 0 nitrogen and oxygen atoms in total. The van der Waals surface area contributed by atoms with E-state index in [1.807, 2.05) is 0 Å². The third-order valence-electron chi connectivity index (χ3n) is 0. The van der Waals surface area contributed by atoms with E-state index in [4.69, 9.17) is 0 Å². The predicted molar refractivity (Wildman–Crippen MR) is 25.9 cm³/mol. The second kappa shape index (κ2) is 15.8. The molecule has 0 aromatic rings. The Morgan fingerprint density at radius 2 is 1.50 bits per heavy atom. The van der Waals surface area contributed by atoms with Crippen LogP contribution in [0, 0.1) is 0 Å². The van der Waals surface area contributed by atoms with Crippen molar-refractivity contribution in [3.63, 3.8) is 0 Å². The second-order valence-corrected chi connectivity index (χ2v) is 0. The molecule has 0 bridgehead atoms. The molecule has 0 radical (unpaired) electrons. The normalized spacial score (nSPS) is 1.50. The number of hydrogen-bond acceptors (Lipinski definition) is 0. The van der Waals surface area contributed by atoms with Crippen LogP contribution < -0.4 is 51.4 Å². The van der Waals surface area contributed by atoms with Crippen LogP contribution in [0.25, 0.3) is 0 Å². The van der Waals surface area contributed by atoms with E-state index in [2.05, 4.69) is 23.5 Å². The van der Waals surface area contributed by atoms with Crippen LogP contribution in [-0.4, -0.2) is 53.3 Å². The summed E-state index contributed by atoms with van der Waals surface area (Å²) in [4.78, 5) is 0. The second-order valence-electron chi connectivity index (χ2n) is 0. The van der Waals surface area contributed by atoms with Gasteiger partial charge in [-0.3, -0.25) is 0 Å². The van der Waals surface area contributed by atoms with Crippen molar-refractivity contribution >= 4 is 61.2 Å². The van der Waals surface area contributed by atoms with Crippen molar-refractivity contribution < 1.29 is 55.7 Å². The molecule has 0 saturated carbocycles. The molecule has 0 aromatic carbocycles. The Morgan fingerprint density at radius 1 is 1.50 bits per heavy atom. The zero-order valence-corrected chi connectivity index (χ0v) is 11.1. The molecule has 0 saturated heterocycles. The van der Waals surface area contributed by atoms with Gasteiger partial charge < -0.3 is 4.28 Å². The van der Waals surface area contributed by atoms with Gasteiger partial charge in [-0.25, -0.2) is 0 Å². The minimum absolute atomic E-state index is 0. The molecule has 0 amide bonds. The smallest absolute Gasteiger partial charge is 1.00 e. The van der Waals surface area contributed by atoms with Crippen LogP contribution in [0.1, 0.15) is 4.28 Å². The van der Waals surface area contributed by atoms with Gasteiger partial charge in [0.1, 0.15) is 0 Å². The van der Waals surface area contributed by atoms with Gasteiger partial charge in [-0.05, 0) is 0 Å². The van der Waals surface area contributed by atoms with Crippen LogP contribution in [0.3, 0.4) is 0 Å². The maximum Gasteiger partial charge on any atom is 2.00 e. The maximum atomic E-state index is 2.35. The summed E-state index contributed by atoms with van der Waals surface area (Å²) >= 11 is 2.23. The molecule has 4 heteroatoms. The number of hydrogen-bond donors (Lipinski definition) is 0. The largest absolute Gasteiger partial charge is 2.00 e. The summed E-state index contributed by atoms with van der Waals surface area (Å²) in [5.74, 6) is 0. The van der Waals surface area contributed by atoms with Crippen molar-refractivity contribution in [2.45, 2.75) is 0 Å². The van der Waals surface area contributed by atoms with Gasteiger partial charge in [-0.15, -0.1) is 0 Å². The molecule has 1 unspecified atom stereocenters. The van der Waals surface area contributed by atoms with E-state index in [0.29, 0.717) is 0 Å². The third-order valence-corrected chi connectivity index (χ3v) is 0. The summed E-state index contributed by atoms with van der Waals surface area (Å²) in [6.07, 6.45) is 0. The third kappa shape index (κ3) is 9.28. The zero-order valence-electron chi connectivity index (χ0n) is 5.73. The van der Waals surface area contributed by atoms with Crippen molar-refractivity contribution in [2.75, 3.05) is 0 Å². The van der Waals surface area contributed by atoms with E-state index in [1.165, 1.54) is 0 Å². The van der Waals surface area contributed by atoms with E-state index in [-0.39, 0.29) is 93.4 Å². The van der Waals surface area contributed by atoms with Crippen molar-refractivity contribution in [1.82, 2.24) is 0 Å². The summed E-state index contributed by atoms with van der Waals surface area (Å²) in [5.41, 5.74) is 0. The van der Waals surface area contributed by atoms with Gasteiger partial charge >= 0.3 is 113 Å². The first kappa shape index (κ1) is 15.7. The molecule has 1 atom stereocenters. The minimum atomic E-state index is 0. The first-order valence-electron chi connectivity index (χ1n) is 0.258. The molecule has 0 aromatic heterocycles. The van der Waals surface area contributed by atoms with E-state index in [0.717, 1.165) is 0 Å². The Hall–Kier alpha value is 3.85. The monoisotopic (exact) mass is 196 g/mol. The van der Waals surface area contributed by atoms with Crippen molar-refractivity contribution in [3.05, 3.63) is 0 Å². The summed E-state index contributed by atoms with van der Waals surface area (Å²) < 4.78 is 0. The minimum Gasteiger partial charge on any atom is -1.00 e. The van der Waals surface area contributed by atoms with Crippen LogP contribution in [0.5, 0.6) is 0 Å².